The second-order valence-corrected chi connectivity index (χ2v) is 12.8. The van der Waals surface area contributed by atoms with Gasteiger partial charge in [-0.05, 0) is 44.6 Å². The van der Waals surface area contributed by atoms with Gasteiger partial charge in [-0.15, -0.1) is 0 Å². The minimum Gasteiger partial charge on any atom is -0.459 e. The van der Waals surface area contributed by atoms with Crippen LogP contribution in [0.15, 0.2) is 11.1 Å². The third-order valence-electron chi connectivity index (χ3n) is 11.1. The highest BCUT2D eigenvalue weighted by molar-refractivity contribution is 6.08. The lowest BCUT2D eigenvalue weighted by atomic mass is 9.42. The van der Waals surface area contributed by atoms with Crippen LogP contribution in [0.1, 0.15) is 80.1 Å². The minimum absolute atomic E-state index is 0.0642. The second kappa shape index (κ2) is 6.67. The van der Waals surface area contributed by atoms with Gasteiger partial charge < -0.3 is 14.9 Å². The maximum Gasteiger partial charge on any atom is 0.306 e. The largest absolute Gasteiger partial charge is 0.459 e. The number of carbonyl (C=O) groups is 4. The molecule has 7 nitrogen and oxygen atoms in total. The summed E-state index contributed by atoms with van der Waals surface area (Å²) in [6, 6.07) is 0. The minimum atomic E-state index is -1.48. The van der Waals surface area contributed by atoms with Crippen LogP contribution in [0.25, 0.3) is 0 Å². The molecule has 4 aliphatic carbocycles. The average molecular weight is 473 g/mol. The van der Waals surface area contributed by atoms with E-state index >= 15 is 0 Å². The number of cyclic esters (lactones) is 1. The Balaban J connectivity index is 1.74. The van der Waals surface area contributed by atoms with Gasteiger partial charge in [-0.25, -0.2) is 0 Å². The van der Waals surface area contributed by atoms with Gasteiger partial charge in [-0.3, -0.25) is 19.2 Å². The van der Waals surface area contributed by atoms with Crippen molar-refractivity contribution in [3.05, 3.63) is 11.1 Å². The molecule has 0 spiro atoms. The molecule has 3 fully saturated rings. The monoisotopic (exact) mass is 472 g/mol. The first-order valence-electron chi connectivity index (χ1n) is 12.5. The van der Waals surface area contributed by atoms with E-state index < -0.39 is 51.2 Å². The molecule has 0 aromatic heterocycles. The number of esters is 1. The van der Waals surface area contributed by atoms with E-state index in [4.69, 9.17) is 4.74 Å². The van der Waals surface area contributed by atoms with Crippen molar-refractivity contribution < 1.29 is 34.1 Å². The zero-order chi connectivity index (χ0) is 25.2. The topological polar surface area (TPSA) is 118 Å². The van der Waals surface area contributed by atoms with Gasteiger partial charge >= 0.3 is 5.97 Å². The predicted molar refractivity (Wildman–Crippen MR) is 121 cm³/mol. The number of rotatable bonds is 1. The summed E-state index contributed by atoms with van der Waals surface area (Å²) in [6.07, 6.45) is -0.785. The molecule has 0 radical (unpaired) electrons. The van der Waals surface area contributed by atoms with Crippen LogP contribution >= 0.6 is 0 Å². The lowest BCUT2D eigenvalue weighted by molar-refractivity contribution is -0.173. The number of aliphatic hydroxyl groups is 2. The Bertz CT molecular complexity index is 1070. The fourth-order valence-electron chi connectivity index (χ4n) is 8.90. The number of hydrogen-bond donors (Lipinski definition) is 2. The maximum atomic E-state index is 14.1. The molecule has 0 aromatic carbocycles. The first kappa shape index (κ1) is 23.9. The second-order valence-electron chi connectivity index (χ2n) is 12.8. The van der Waals surface area contributed by atoms with E-state index in [9.17, 15) is 29.4 Å². The normalized spacial score (nSPS) is 50.1. The van der Waals surface area contributed by atoms with Gasteiger partial charge in [0.25, 0.3) is 0 Å². The zero-order valence-electron chi connectivity index (χ0n) is 21.0. The highest BCUT2D eigenvalue weighted by atomic mass is 16.6. The molecule has 186 valence electrons. The highest BCUT2D eigenvalue weighted by Crippen LogP contribution is 2.71. The van der Waals surface area contributed by atoms with Crippen LogP contribution in [0.3, 0.4) is 0 Å². The molecule has 2 N–H and O–H groups in total. The number of carbonyl (C=O) groups excluding carboxylic acids is 4. The molecule has 0 unspecified atom stereocenters. The van der Waals surface area contributed by atoms with Gasteiger partial charge in [0.2, 0.25) is 0 Å². The molecule has 8 atom stereocenters. The lowest BCUT2D eigenvalue weighted by Gasteiger charge is -2.61. The van der Waals surface area contributed by atoms with Crippen molar-refractivity contribution in [3.8, 4) is 0 Å². The molecule has 1 saturated heterocycles. The van der Waals surface area contributed by atoms with Gasteiger partial charge in [0.05, 0.1) is 11.5 Å². The summed E-state index contributed by atoms with van der Waals surface area (Å²) in [4.78, 5) is 52.8. The molecule has 34 heavy (non-hydrogen) atoms. The van der Waals surface area contributed by atoms with E-state index in [2.05, 4.69) is 0 Å². The summed E-state index contributed by atoms with van der Waals surface area (Å²) < 4.78 is 5.70. The average Bonchev–Trinajstić information content (AvgIpc) is 3.21. The summed E-state index contributed by atoms with van der Waals surface area (Å²) in [5, 5.41) is 23.2. The summed E-state index contributed by atoms with van der Waals surface area (Å²) in [6.45, 7) is 11.0. The van der Waals surface area contributed by atoms with Crippen molar-refractivity contribution in [1.82, 2.24) is 0 Å². The summed E-state index contributed by atoms with van der Waals surface area (Å²) >= 11 is 0. The number of aliphatic hydroxyl groups excluding tert-OH is 2. The van der Waals surface area contributed by atoms with Gasteiger partial charge in [0.15, 0.2) is 5.78 Å². The Kier molecular flexibility index (Phi) is 4.68. The van der Waals surface area contributed by atoms with Gasteiger partial charge in [-0.1, -0.05) is 27.7 Å². The number of hydrogen-bond acceptors (Lipinski definition) is 7. The number of ketones is 3. The van der Waals surface area contributed by atoms with Crippen LogP contribution in [0.2, 0.25) is 0 Å². The quantitative estimate of drug-likeness (QED) is 0.563. The van der Waals surface area contributed by atoms with Crippen molar-refractivity contribution in [2.24, 2.45) is 33.5 Å². The molecular weight excluding hydrogens is 436 g/mol. The molecule has 5 rings (SSSR count). The lowest BCUT2D eigenvalue weighted by Crippen LogP contribution is -2.65. The van der Waals surface area contributed by atoms with E-state index in [0.29, 0.717) is 30.4 Å². The molecule has 2 saturated carbocycles. The smallest absolute Gasteiger partial charge is 0.306 e. The molecule has 7 heteroatoms. The molecule has 5 aliphatic rings. The Morgan fingerprint density at radius 2 is 1.50 bits per heavy atom. The molecule has 0 bridgehead atoms. The SMILES string of the molecule is CC1(C)C(=O)CC[C@]2(C)C3=C([C@@H](O)C[C@@H]12)[C@]1(C)C(=O)C[C@H]([C@]2(C)CCC(=O)O2)[C@@]1(C)[C@@H](O)C3=O. The van der Waals surface area contributed by atoms with E-state index in [0.717, 1.165) is 0 Å². The number of ether oxygens (including phenoxy) is 1. The van der Waals surface area contributed by atoms with E-state index in [1.54, 1.807) is 20.8 Å². The van der Waals surface area contributed by atoms with Crippen LogP contribution in [0, 0.1) is 33.5 Å². The van der Waals surface area contributed by atoms with E-state index in [1.165, 1.54) is 0 Å². The maximum absolute atomic E-state index is 14.1. The molecule has 1 heterocycles. The Labute approximate surface area is 200 Å². The standard InChI is InChI=1S/C27H36O7/c1-23(2)14-11-13(28)19-20(24(14,3)9-7-16(23)29)21(32)22(33)26(5)15(12-17(30)27(19,26)6)25(4)10-8-18(31)34-25/h13-15,22,28,33H,7-12H2,1-6H3/t13-,14-,15+,22-,24-,25-,26-,27-/m0/s1. The third kappa shape index (κ3) is 2.45. The Morgan fingerprint density at radius 1 is 0.853 bits per heavy atom. The Morgan fingerprint density at radius 3 is 2.09 bits per heavy atom. The van der Waals surface area contributed by atoms with Crippen LogP contribution in [0.5, 0.6) is 0 Å². The van der Waals surface area contributed by atoms with Crippen molar-refractivity contribution in [2.75, 3.05) is 0 Å². The first-order chi connectivity index (χ1) is 15.6. The van der Waals surface area contributed by atoms with Crippen LogP contribution in [-0.2, 0) is 23.9 Å². The van der Waals surface area contributed by atoms with Crippen LogP contribution in [-0.4, -0.2) is 51.3 Å². The molecule has 0 aromatic rings. The first-order valence-corrected chi connectivity index (χ1v) is 12.5. The fourth-order valence-corrected chi connectivity index (χ4v) is 8.90. The Hall–Kier alpha value is -1.86. The van der Waals surface area contributed by atoms with Crippen LogP contribution < -0.4 is 0 Å². The van der Waals surface area contributed by atoms with E-state index in [1.807, 2.05) is 20.8 Å². The zero-order valence-corrected chi connectivity index (χ0v) is 21.0. The summed E-state index contributed by atoms with van der Waals surface area (Å²) in [5.41, 5.74) is -4.16. The summed E-state index contributed by atoms with van der Waals surface area (Å²) in [5.74, 6) is -1.67. The van der Waals surface area contributed by atoms with Gasteiger partial charge in [0, 0.05) is 47.0 Å². The van der Waals surface area contributed by atoms with Crippen molar-refractivity contribution in [1.29, 1.82) is 0 Å². The van der Waals surface area contributed by atoms with Crippen LogP contribution in [0.4, 0.5) is 0 Å². The predicted octanol–water partition coefficient (Wildman–Crippen LogP) is 2.70. The highest BCUT2D eigenvalue weighted by Gasteiger charge is 2.75. The van der Waals surface area contributed by atoms with Crippen molar-refractivity contribution in [2.45, 2.75) is 97.9 Å². The number of fused-ring (bicyclic) bond motifs is 4. The van der Waals surface area contributed by atoms with Gasteiger partial charge in [-0.2, -0.15) is 0 Å². The molecular formula is C27H36O7. The van der Waals surface area contributed by atoms with Crippen molar-refractivity contribution in [3.63, 3.8) is 0 Å². The number of Topliss-reactive ketones (excluding diaryl/α,β-unsaturated/α-hetero) is 3. The fraction of sp³-hybridized carbons (Fsp3) is 0.778. The summed E-state index contributed by atoms with van der Waals surface area (Å²) in [7, 11) is 0. The van der Waals surface area contributed by atoms with Crippen molar-refractivity contribution >= 4 is 23.3 Å². The molecule has 0 amide bonds. The van der Waals surface area contributed by atoms with E-state index in [-0.39, 0.29) is 42.7 Å². The van der Waals surface area contributed by atoms with Gasteiger partial charge in [0.1, 0.15) is 23.3 Å². The molecule has 1 aliphatic heterocycles. The third-order valence-corrected chi connectivity index (χ3v) is 11.1.